The van der Waals surface area contributed by atoms with E-state index in [0.29, 0.717) is 10.0 Å². The van der Waals surface area contributed by atoms with Crippen LogP contribution in [0.15, 0.2) is 71.7 Å². The summed E-state index contributed by atoms with van der Waals surface area (Å²) in [5.74, 6) is 0.850. The number of ether oxygens (including phenoxy) is 1. The van der Waals surface area contributed by atoms with Gasteiger partial charge < -0.3 is 9.64 Å². The van der Waals surface area contributed by atoms with Gasteiger partial charge in [0.1, 0.15) is 5.75 Å². The molecule has 1 aliphatic rings. The Morgan fingerprint density at radius 1 is 0.935 bits per heavy atom. The Balaban J connectivity index is 0.00000272. The number of methoxy groups -OCH3 is 1. The van der Waals surface area contributed by atoms with Crippen LogP contribution in [-0.2, 0) is 0 Å². The number of benzene rings is 3. The minimum Gasteiger partial charge on any atom is -0.497 e. The monoisotopic (exact) mass is 472 g/mol. The third kappa shape index (κ3) is 5.24. The lowest BCUT2D eigenvalue weighted by Gasteiger charge is -2.20. The van der Waals surface area contributed by atoms with Crippen molar-refractivity contribution < 1.29 is 4.74 Å². The fraction of sp³-hybridized carbons (Fsp3) is 0.160. The third-order valence-electron chi connectivity index (χ3n) is 5.18. The van der Waals surface area contributed by atoms with Crippen LogP contribution in [0.3, 0.4) is 0 Å². The normalized spacial score (nSPS) is 13.3. The number of allylic oxidation sites excluding steroid dienone is 1. The Morgan fingerprint density at radius 2 is 1.74 bits per heavy atom. The maximum Gasteiger partial charge on any atom is 0.119 e. The van der Waals surface area contributed by atoms with Gasteiger partial charge in [-0.25, -0.2) is 0 Å². The predicted octanol–water partition coefficient (Wildman–Crippen LogP) is 7.04. The number of nitrogens with zero attached hydrogens (tertiary/aromatic N) is 2. The van der Waals surface area contributed by atoms with Crippen LogP contribution in [0, 0.1) is 0 Å². The lowest BCUT2D eigenvalue weighted by molar-refractivity contribution is 0.415. The molecule has 4 rings (SSSR count). The van der Waals surface area contributed by atoms with Gasteiger partial charge in [-0.05, 0) is 53.1 Å². The van der Waals surface area contributed by atoms with Gasteiger partial charge in [-0.1, -0.05) is 59.6 Å². The van der Waals surface area contributed by atoms with E-state index in [-0.39, 0.29) is 12.4 Å². The van der Waals surface area contributed by atoms with Crippen LogP contribution in [0.1, 0.15) is 11.1 Å². The highest BCUT2D eigenvalue weighted by Gasteiger charge is 2.16. The van der Waals surface area contributed by atoms with Crippen molar-refractivity contribution in [2.45, 2.75) is 0 Å². The average Bonchev–Trinajstić information content (AvgIpc) is 2.93. The first-order valence-electron chi connectivity index (χ1n) is 9.73. The zero-order valence-electron chi connectivity index (χ0n) is 17.3. The summed E-state index contributed by atoms with van der Waals surface area (Å²) in [7, 11) is 3.79. The van der Waals surface area contributed by atoms with Crippen molar-refractivity contribution in [2.24, 2.45) is 4.99 Å². The Bertz CT molecular complexity index is 1140. The van der Waals surface area contributed by atoms with E-state index in [0.717, 1.165) is 52.5 Å². The summed E-state index contributed by atoms with van der Waals surface area (Å²) in [6.07, 6.45) is 4.06. The van der Waals surface area contributed by atoms with Gasteiger partial charge in [0.2, 0.25) is 0 Å². The van der Waals surface area contributed by atoms with Crippen LogP contribution in [0.2, 0.25) is 10.0 Å². The molecule has 0 unspecified atom stereocenters. The molecule has 1 heterocycles. The van der Waals surface area contributed by atoms with Gasteiger partial charge in [0.25, 0.3) is 0 Å². The van der Waals surface area contributed by atoms with Crippen LogP contribution >= 0.6 is 35.6 Å². The molecular weight excluding hydrogens is 451 g/mol. The first-order chi connectivity index (χ1) is 14.5. The lowest BCUT2D eigenvalue weighted by atomic mass is 9.99. The van der Waals surface area contributed by atoms with Crippen LogP contribution in [0.5, 0.6) is 5.75 Å². The minimum absolute atomic E-state index is 0. The SMILES string of the molecule is COc1cccc(-c2ccc3c(c2)N(C)CCN=C3/C=C/c2ccc(Cl)c(Cl)c2)c1.Cl. The quantitative estimate of drug-likeness (QED) is 0.406. The second-order valence-electron chi connectivity index (χ2n) is 7.16. The van der Waals surface area contributed by atoms with Crippen LogP contribution in [0.4, 0.5) is 5.69 Å². The first kappa shape index (κ1) is 23.2. The average molecular weight is 474 g/mol. The molecule has 0 amide bonds. The number of hydrogen-bond acceptors (Lipinski definition) is 3. The lowest BCUT2D eigenvalue weighted by Crippen LogP contribution is -2.20. The van der Waals surface area contributed by atoms with E-state index in [4.69, 9.17) is 32.9 Å². The number of fused-ring (bicyclic) bond motifs is 1. The highest BCUT2D eigenvalue weighted by atomic mass is 35.5. The standard InChI is InChI=1S/C25H22Cl2N2O.ClH/c1-29-13-12-28-24(11-7-17-6-10-22(26)23(27)14-17)21-9-8-19(16-25(21)29)18-4-3-5-20(15-18)30-2;/h3-11,14-16H,12-13H2,1-2H3;1H/b11-7+;. The molecule has 3 aromatic rings. The number of hydrogen-bond donors (Lipinski definition) is 0. The first-order valence-corrected chi connectivity index (χ1v) is 10.5. The molecule has 0 radical (unpaired) electrons. The molecule has 0 atom stereocenters. The summed E-state index contributed by atoms with van der Waals surface area (Å²) >= 11 is 12.2. The number of halogens is 3. The Hall–Kier alpha value is -2.46. The van der Waals surface area contributed by atoms with Crippen molar-refractivity contribution in [3.05, 3.63) is 87.9 Å². The topological polar surface area (TPSA) is 24.8 Å². The van der Waals surface area contributed by atoms with E-state index in [1.54, 1.807) is 13.2 Å². The van der Waals surface area contributed by atoms with E-state index in [1.165, 1.54) is 0 Å². The molecule has 0 bridgehead atoms. The van der Waals surface area contributed by atoms with Crippen molar-refractivity contribution in [3.63, 3.8) is 0 Å². The van der Waals surface area contributed by atoms with Crippen molar-refractivity contribution in [1.82, 2.24) is 0 Å². The van der Waals surface area contributed by atoms with Crippen molar-refractivity contribution in [1.29, 1.82) is 0 Å². The molecule has 6 heteroatoms. The second-order valence-corrected chi connectivity index (χ2v) is 7.97. The zero-order valence-corrected chi connectivity index (χ0v) is 19.6. The highest BCUT2D eigenvalue weighted by Crippen LogP contribution is 2.31. The van der Waals surface area contributed by atoms with E-state index in [9.17, 15) is 0 Å². The molecule has 0 aliphatic carbocycles. The summed E-state index contributed by atoms with van der Waals surface area (Å²) in [6.45, 7) is 1.60. The van der Waals surface area contributed by atoms with Gasteiger partial charge in [0.05, 0.1) is 29.4 Å². The zero-order chi connectivity index (χ0) is 21.1. The molecule has 160 valence electrons. The van der Waals surface area contributed by atoms with Gasteiger partial charge >= 0.3 is 0 Å². The summed E-state index contributed by atoms with van der Waals surface area (Å²) < 4.78 is 5.38. The Labute approximate surface area is 199 Å². The largest absolute Gasteiger partial charge is 0.497 e. The predicted molar refractivity (Wildman–Crippen MR) is 136 cm³/mol. The molecule has 0 saturated carbocycles. The van der Waals surface area contributed by atoms with Crippen LogP contribution in [-0.4, -0.2) is 33.0 Å². The molecule has 0 fully saturated rings. The summed E-state index contributed by atoms with van der Waals surface area (Å²) in [4.78, 5) is 7.06. The van der Waals surface area contributed by atoms with Crippen molar-refractivity contribution in [2.75, 3.05) is 32.1 Å². The summed E-state index contributed by atoms with van der Waals surface area (Å²) in [6, 6.07) is 20.2. The molecule has 1 aliphatic heterocycles. The molecular formula is C25H23Cl3N2O. The molecule has 0 saturated heterocycles. The highest BCUT2D eigenvalue weighted by molar-refractivity contribution is 6.42. The fourth-order valence-corrected chi connectivity index (χ4v) is 3.81. The van der Waals surface area contributed by atoms with E-state index < -0.39 is 0 Å². The second kappa shape index (κ2) is 10.2. The molecule has 3 nitrogen and oxygen atoms in total. The van der Waals surface area contributed by atoms with Gasteiger partial charge in [0.15, 0.2) is 0 Å². The van der Waals surface area contributed by atoms with E-state index >= 15 is 0 Å². The van der Waals surface area contributed by atoms with Gasteiger partial charge in [-0.15, -0.1) is 12.4 Å². The van der Waals surface area contributed by atoms with Gasteiger partial charge in [-0.2, -0.15) is 0 Å². The smallest absolute Gasteiger partial charge is 0.119 e. The van der Waals surface area contributed by atoms with Crippen molar-refractivity contribution >= 4 is 53.1 Å². The minimum atomic E-state index is 0. The molecule has 3 aromatic carbocycles. The Morgan fingerprint density at radius 3 is 2.52 bits per heavy atom. The van der Waals surface area contributed by atoms with E-state index in [2.05, 4.69) is 42.3 Å². The number of benzodiazepines with no additional fused rings is 1. The summed E-state index contributed by atoms with van der Waals surface area (Å²) in [5.41, 5.74) is 6.48. The third-order valence-corrected chi connectivity index (χ3v) is 5.92. The van der Waals surface area contributed by atoms with Gasteiger partial charge in [-0.3, -0.25) is 4.99 Å². The number of rotatable bonds is 4. The molecule has 0 N–H and O–H groups in total. The maximum absolute atomic E-state index is 6.15. The van der Waals surface area contributed by atoms with E-state index in [1.807, 2.05) is 36.4 Å². The number of anilines is 1. The summed E-state index contributed by atoms with van der Waals surface area (Å²) in [5, 5.41) is 1.10. The molecule has 0 aromatic heterocycles. The Kier molecular flexibility index (Phi) is 7.66. The molecule has 0 spiro atoms. The molecule has 31 heavy (non-hydrogen) atoms. The fourth-order valence-electron chi connectivity index (χ4n) is 3.51. The van der Waals surface area contributed by atoms with Crippen LogP contribution in [0.25, 0.3) is 17.2 Å². The number of likely N-dealkylation sites (N-methyl/N-ethyl adjacent to an activating group) is 1. The number of aliphatic imine (C=N–C) groups is 1. The van der Waals surface area contributed by atoms with Crippen LogP contribution < -0.4 is 9.64 Å². The van der Waals surface area contributed by atoms with Gasteiger partial charge in [0, 0.05) is 24.8 Å². The van der Waals surface area contributed by atoms with Crippen molar-refractivity contribution in [3.8, 4) is 16.9 Å². The maximum atomic E-state index is 6.15.